The minimum absolute atomic E-state index is 0.0884. The maximum Gasteiger partial charge on any atom is 0.418 e. The number of para-hydroxylation sites is 1. The van der Waals surface area contributed by atoms with Crippen LogP contribution in [-0.2, 0) is 26.7 Å². The molecule has 0 aliphatic rings. The zero-order chi connectivity index (χ0) is 21.8. The van der Waals surface area contributed by atoms with E-state index in [4.69, 9.17) is 0 Å². The summed E-state index contributed by atoms with van der Waals surface area (Å²) in [4.78, 5) is 12.2. The molecule has 5 nitrogen and oxygen atoms in total. The number of carbonyl (C=O) groups excluding carboxylic acids is 1. The van der Waals surface area contributed by atoms with Gasteiger partial charge in [0.15, 0.2) is 0 Å². The summed E-state index contributed by atoms with van der Waals surface area (Å²) in [6, 6.07) is 8.25. The van der Waals surface area contributed by atoms with Gasteiger partial charge in [-0.3, -0.25) is 4.79 Å². The third-order valence-electron chi connectivity index (χ3n) is 3.93. The fourth-order valence-electron chi connectivity index (χ4n) is 2.52. The summed E-state index contributed by atoms with van der Waals surface area (Å²) in [7, 11) is -4.09. The van der Waals surface area contributed by atoms with Gasteiger partial charge in [0.05, 0.1) is 23.5 Å². The Morgan fingerprint density at radius 3 is 2.41 bits per heavy atom. The number of nitrogens with one attached hydrogen (secondary N) is 1. The van der Waals surface area contributed by atoms with Gasteiger partial charge in [0.25, 0.3) is 0 Å². The van der Waals surface area contributed by atoms with Gasteiger partial charge in [0, 0.05) is 16.6 Å². The maximum atomic E-state index is 14.0. The van der Waals surface area contributed by atoms with Crippen LogP contribution in [0.3, 0.4) is 0 Å². The number of nitrogens with zero attached hydrogens (tertiary/aromatic N) is 1. The van der Waals surface area contributed by atoms with Gasteiger partial charge in [-0.15, -0.1) is 0 Å². The summed E-state index contributed by atoms with van der Waals surface area (Å²) in [6.45, 7) is 0.643. The highest BCUT2D eigenvalue weighted by atomic mass is 79.9. The van der Waals surface area contributed by atoms with E-state index in [1.165, 1.54) is 31.2 Å². The van der Waals surface area contributed by atoms with Gasteiger partial charge in [-0.1, -0.05) is 41.1 Å². The first kappa shape index (κ1) is 23.3. The summed E-state index contributed by atoms with van der Waals surface area (Å²) in [6.07, 6.45) is -4.68. The Kier molecular flexibility index (Phi) is 7.41. The smallest absolute Gasteiger partial charge is 0.324 e. The van der Waals surface area contributed by atoms with Crippen LogP contribution in [0.15, 0.2) is 46.9 Å². The number of likely N-dealkylation sites (N-methyl/N-ethyl adjacent to an activating group) is 1. The lowest BCUT2D eigenvalue weighted by Crippen LogP contribution is -2.38. The largest absolute Gasteiger partial charge is 0.418 e. The lowest BCUT2D eigenvalue weighted by molar-refractivity contribution is -0.137. The topological polar surface area (TPSA) is 66.5 Å². The standard InChI is InChI=1S/C18H17BrF4N2O3S/c1-2-25(29(27,28)11-12-7-8-13(19)9-15(12)20)10-17(26)24-16-6-4-3-5-14(16)18(21,22)23/h3-9H,2,10-11H2,1H3,(H,24,26). The van der Waals surface area contributed by atoms with Gasteiger partial charge in [-0.25, -0.2) is 12.8 Å². The molecule has 2 aromatic carbocycles. The average molecular weight is 497 g/mol. The number of sulfonamides is 1. The number of hydrogen-bond donors (Lipinski definition) is 1. The summed E-state index contributed by atoms with van der Waals surface area (Å²) >= 11 is 3.07. The van der Waals surface area contributed by atoms with E-state index in [9.17, 15) is 30.8 Å². The molecule has 0 saturated heterocycles. The van der Waals surface area contributed by atoms with Crippen LogP contribution in [0.5, 0.6) is 0 Å². The molecule has 1 amide bonds. The molecule has 0 saturated carbocycles. The van der Waals surface area contributed by atoms with Crippen molar-refractivity contribution in [1.29, 1.82) is 0 Å². The summed E-state index contributed by atoms with van der Waals surface area (Å²) < 4.78 is 79.4. The molecule has 0 aromatic heterocycles. The van der Waals surface area contributed by atoms with Crippen LogP contribution >= 0.6 is 15.9 Å². The van der Waals surface area contributed by atoms with Crippen LogP contribution in [-0.4, -0.2) is 31.7 Å². The quantitative estimate of drug-likeness (QED) is 0.577. The zero-order valence-corrected chi connectivity index (χ0v) is 17.5. The molecule has 29 heavy (non-hydrogen) atoms. The van der Waals surface area contributed by atoms with E-state index in [0.29, 0.717) is 4.47 Å². The Hall–Kier alpha value is -1.98. The molecule has 1 N–H and O–H groups in total. The Morgan fingerprint density at radius 1 is 1.17 bits per heavy atom. The number of amides is 1. The minimum atomic E-state index is -4.68. The third kappa shape index (κ3) is 6.25. The van der Waals surface area contributed by atoms with Gasteiger partial charge in [-0.05, 0) is 24.3 Å². The molecular weight excluding hydrogens is 480 g/mol. The molecule has 0 unspecified atom stereocenters. The van der Waals surface area contributed by atoms with Crippen molar-refractivity contribution in [2.24, 2.45) is 0 Å². The van der Waals surface area contributed by atoms with Crippen molar-refractivity contribution in [1.82, 2.24) is 4.31 Å². The number of anilines is 1. The van der Waals surface area contributed by atoms with Gasteiger partial charge < -0.3 is 5.32 Å². The Labute approximate surface area is 173 Å². The molecule has 0 aliphatic heterocycles. The Bertz CT molecular complexity index is 997. The second-order valence-electron chi connectivity index (χ2n) is 6.01. The van der Waals surface area contributed by atoms with Crippen LogP contribution in [0.4, 0.5) is 23.2 Å². The first-order valence-electron chi connectivity index (χ1n) is 8.32. The lowest BCUT2D eigenvalue weighted by atomic mass is 10.1. The molecule has 0 spiro atoms. The van der Waals surface area contributed by atoms with E-state index in [1.54, 1.807) is 0 Å². The SMILES string of the molecule is CCN(CC(=O)Nc1ccccc1C(F)(F)F)S(=O)(=O)Cc1ccc(Br)cc1F. The third-order valence-corrected chi connectivity index (χ3v) is 6.27. The van der Waals surface area contributed by atoms with Crippen LogP contribution in [0.1, 0.15) is 18.1 Å². The van der Waals surface area contributed by atoms with Crippen molar-refractivity contribution in [3.63, 3.8) is 0 Å². The molecule has 0 heterocycles. The Morgan fingerprint density at radius 2 is 1.83 bits per heavy atom. The first-order chi connectivity index (χ1) is 13.4. The summed E-state index contributed by atoms with van der Waals surface area (Å²) in [5, 5.41) is 2.09. The normalized spacial score (nSPS) is 12.2. The van der Waals surface area contributed by atoms with Crippen molar-refractivity contribution in [2.75, 3.05) is 18.4 Å². The van der Waals surface area contributed by atoms with Gasteiger partial charge in [0.1, 0.15) is 5.82 Å². The van der Waals surface area contributed by atoms with Crippen molar-refractivity contribution in [2.45, 2.75) is 18.9 Å². The van der Waals surface area contributed by atoms with Crippen molar-refractivity contribution in [3.05, 3.63) is 63.9 Å². The van der Waals surface area contributed by atoms with E-state index in [-0.39, 0.29) is 12.1 Å². The van der Waals surface area contributed by atoms with E-state index in [1.807, 2.05) is 0 Å². The fourth-order valence-corrected chi connectivity index (χ4v) is 4.37. The second-order valence-corrected chi connectivity index (χ2v) is 8.89. The average Bonchev–Trinajstić information content (AvgIpc) is 2.61. The van der Waals surface area contributed by atoms with Crippen molar-refractivity contribution in [3.8, 4) is 0 Å². The molecule has 0 atom stereocenters. The van der Waals surface area contributed by atoms with Crippen LogP contribution in [0, 0.1) is 5.82 Å². The van der Waals surface area contributed by atoms with Crippen LogP contribution in [0.25, 0.3) is 0 Å². The van der Waals surface area contributed by atoms with E-state index in [0.717, 1.165) is 22.5 Å². The predicted octanol–water partition coefficient (Wildman–Crippen LogP) is 4.40. The highest BCUT2D eigenvalue weighted by Crippen LogP contribution is 2.34. The van der Waals surface area contributed by atoms with Gasteiger partial charge >= 0.3 is 6.18 Å². The molecule has 2 aromatic rings. The van der Waals surface area contributed by atoms with E-state index < -0.39 is 51.5 Å². The second kappa shape index (κ2) is 9.23. The molecule has 158 valence electrons. The van der Waals surface area contributed by atoms with Gasteiger partial charge in [0.2, 0.25) is 15.9 Å². The van der Waals surface area contributed by atoms with Crippen molar-refractivity contribution >= 4 is 37.5 Å². The molecule has 0 radical (unpaired) electrons. The summed E-state index contributed by atoms with van der Waals surface area (Å²) in [5.41, 5.74) is -1.61. The highest BCUT2D eigenvalue weighted by Gasteiger charge is 2.34. The molecule has 0 bridgehead atoms. The predicted molar refractivity (Wildman–Crippen MR) is 104 cm³/mol. The molecule has 0 fully saturated rings. The Balaban J connectivity index is 2.16. The number of alkyl halides is 3. The molecule has 11 heteroatoms. The molecule has 0 aliphatic carbocycles. The molecular formula is C18H17BrF4N2O3S. The fraction of sp³-hybridized carbons (Fsp3) is 0.278. The van der Waals surface area contributed by atoms with Crippen LogP contribution < -0.4 is 5.32 Å². The maximum absolute atomic E-state index is 14.0. The van der Waals surface area contributed by atoms with Crippen molar-refractivity contribution < 1.29 is 30.8 Å². The highest BCUT2D eigenvalue weighted by molar-refractivity contribution is 9.10. The number of rotatable bonds is 7. The summed E-state index contributed by atoms with van der Waals surface area (Å²) in [5.74, 6) is -2.36. The zero-order valence-electron chi connectivity index (χ0n) is 15.1. The van der Waals surface area contributed by atoms with E-state index in [2.05, 4.69) is 21.2 Å². The van der Waals surface area contributed by atoms with Crippen LogP contribution in [0.2, 0.25) is 0 Å². The lowest BCUT2D eigenvalue weighted by Gasteiger charge is -2.21. The van der Waals surface area contributed by atoms with Gasteiger partial charge in [-0.2, -0.15) is 17.5 Å². The minimum Gasteiger partial charge on any atom is -0.324 e. The molecule has 2 rings (SSSR count). The number of benzene rings is 2. The van der Waals surface area contributed by atoms with E-state index >= 15 is 0 Å². The first-order valence-corrected chi connectivity index (χ1v) is 10.7. The number of hydrogen-bond acceptors (Lipinski definition) is 3. The monoisotopic (exact) mass is 496 g/mol. The number of carbonyl (C=O) groups is 1. The number of halogens is 5.